The summed E-state index contributed by atoms with van der Waals surface area (Å²) in [5.41, 5.74) is 2.97. The molecule has 0 aliphatic carbocycles. The molecule has 158 valence electrons. The van der Waals surface area contributed by atoms with Crippen molar-refractivity contribution in [2.45, 2.75) is 32.0 Å². The molecule has 1 amide bonds. The molecule has 1 aromatic heterocycles. The molecule has 0 aliphatic heterocycles. The van der Waals surface area contributed by atoms with Crippen LogP contribution < -0.4 is 14.8 Å². The number of carbonyl (C=O) groups is 1. The first kappa shape index (κ1) is 21.7. The SMILES string of the molecule is COc1ccc(OC(C)c2nnc(SCC(=O)Nc3cc(C)ccc3C)n2C)cc1. The van der Waals surface area contributed by atoms with Crippen molar-refractivity contribution in [2.24, 2.45) is 7.05 Å². The zero-order valence-electron chi connectivity index (χ0n) is 17.8. The first-order valence-corrected chi connectivity index (χ1v) is 10.6. The molecule has 30 heavy (non-hydrogen) atoms. The Hall–Kier alpha value is -3.00. The number of aryl methyl sites for hydroxylation is 2. The number of amides is 1. The first-order chi connectivity index (χ1) is 14.4. The summed E-state index contributed by atoms with van der Waals surface area (Å²) in [6.45, 7) is 5.89. The predicted molar refractivity (Wildman–Crippen MR) is 118 cm³/mol. The molecule has 1 N–H and O–H groups in total. The zero-order chi connectivity index (χ0) is 21.7. The summed E-state index contributed by atoms with van der Waals surface area (Å²) < 4.78 is 13.0. The lowest BCUT2D eigenvalue weighted by Gasteiger charge is -2.14. The molecule has 1 heterocycles. The minimum atomic E-state index is -0.297. The molecular formula is C22H26N4O3S. The Labute approximate surface area is 180 Å². The summed E-state index contributed by atoms with van der Waals surface area (Å²) in [7, 11) is 3.49. The monoisotopic (exact) mass is 426 g/mol. The average Bonchev–Trinajstić information content (AvgIpc) is 3.10. The molecule has 0 radical (unpaired) electrons. The van der Waals surface area contributed by atoms with Crippen LogP contribution in [0.15, 0.2) is 47.6 Å². The van der Waals surface area contributed by atoms with Crippen LogP contribution in [-0.2, 0) is 11.8 Å². The van der Waals surface area contributed by atoms with Crippen molar-refractivity contribution in [3.63, 3.8) is 0 Å². The Morgan fingerprint density at radius 2 is 1.83 bits per heavy atom. The van der Waals surface area contributed by atoms with Gasteiger partial charge in [-0.2, -0.15) is 0 Å². The highest BCUT2D eigenvalue weighted by atomic mass is 32.2. The molecule has 8 heteroatoms. The third-order valence-electron chi connectivity index (χ3n) is 4.60. The molecule has 0 spiro atoms. The number of thioether (sulfide) groups is 1. The maximum absolute atomic E-state index is 12.4. The Balaban J connectivity index is 1.59. The molecule has 1 unspecified atom stereocenters. The minimum absolute atomic E-state index is 0.0826. The van der Waals surface area contributed by atoms with Crippen molar-refractivity contribution in [2.75, 3.05) is 18.2 Å². The Kier molecular flexibility index (Phi) is 6.99. The number of nitrogens with one attached hydrogen (secondary N) is 1. The van der Waals surface area contributed by atoms with Crippen molar-refractivity contribution in [1.82, 2.24) is 14.8 Å². The molecule has 2 aromatic carbocycles. The molecule has 7 nitrogen and oxygen atoms in total. The minimum Gasteiger partial charge on any atom is -0.497 e. The summed E-state index contributed by atoms with van der Waals surface area (Å²) in [4.78, 5) is 12.4. The second-order valence-electron chi connectivity index (χ2n) is 6.99. The standard InChI is InChI=1S/C22H26N4O3S/c1-14-6-7-15(2)19(12-14)23-20(27)13-30-22-25-24-21(26(22)4)16(3)29-18-10-8-17(28-5)9-11-18/h6-12,16H,13H2,1-5H3,(H,23,27). The first-order valence-electron chi connectivity index (χ1n) is 9.57. The number of hydrogen-bond acceptors (Lipinski definition) is 6. The van der Waals surface area contributed by atoms with Crippen LogP contribution in [0.2, 0.25) is 0 Å². The van der Waals surface area contributed by atoms with E-state index >= 15 is 0 Å². The van der Waals surface area contributed by atoms with Gasteiger partial charge >= 0.3 is 0 Å². The number of rotatable bonds is 8. The summed E-state index contributed by atoms with van der Waals surface area (Å²) in [6, 6.07) is 13.4. The van der Waals surface area contributed by atoms with Gasteiger partial charge in [-0.1, -0.05) is 23.9 Å². The van der Waals surface area contributed by atoms with E-state index in [0.717, 1.165) is 22.6 Å². The molecule has 0 bridgehead atoms. The number of hydrogen-bond donors (Lipinski definition) is 1. The smallest absolute Gasteiger partial charge is 0.234 e. The van der Waals surface area contributed by atoms with E-state index in [1.165, 1.54) is 11.8 Å². The van der Waals surface area contributed by atoms with Crippen LogP contribution in [0.3, 0.4) is 0 Å². The number of anilines is 1. The summed E-state index contributed by atoms with van der Waals surface area (Å²) >= 11 is 1.34. The van der Waals surface area contributed by atoms with E-state index in [1.54, 1.807) is 7.11 Å². The fourth-order valence-corrected chi connectivity index (χ4v) is 3.62. The fourth-order valence-electron chi connectivity index (χ4n) is 2.90. The second-order valence-corrected chi connectivity index (χ2v) is 7.93. The number of ether oxygens (including phenoxy) is 2. The molecule has 1 atom stereocenters. The highest BCUT2D eigenvalue weighted by molar-refractivity contribution is 7.99. The van der Waals surface area contributed by atoms with Gasteiger partial charge in [0.25, 0.3) is 0 Å². The lowest BCUT2D eigenvalue weighted by molar-refractivity contribution is -0.113. The van der Waals surface area contributed by atoms with Crippen molar-refractivity contribution in [1.29, 1.82) is 0 Å². The van der Waals surface area contributed by atoms with E-state index in [1.807, 2.05) is 74.9 Å². The maximum Gasteiger partial charge on any atom is 0.234 e. The van der Waals surface area contributed by atoms with Crippen LogP contribution >= 0.6 is 11.8 Å². The van der Waals surface area contributed by atoms with Gasteiger partial charge in [0, 0.05) is 12.7 Å². The quantitative estimate of drug-likeness (QED) is 0.541. The van der Waals surface area contributed by atoms with Gasteiger partial charge in [-0.3, -0.25) is 4.79 Å². The van der Waals surface area contributed by atoms with Crippen LogP contribution in [0.5, 0.6) is 11.5 Å². The topological polar surface area (TPSA) is 78.3 Å². The van der Waals surface area contributed by atoms with Gasteiger partial charge in [-0.05, 0) is 62.2 Å². The summed E-state index contributed by atoms with van der Waals surface area (Å²) in [5, 5.41) is 12.1. The lowest BCUT2D eigenvalue weighted by atomic mass is 10.1. The summed E-state index contributed by atoms with van der Waals surface area (Å²) in [5.74, 6) is 2.33. The van der Waals surface area contributed by atoms with Crippen molar-refractivity contribution < 1.29 is 14.3 Å². The predicted octanol–water partition coefficient (Wildman–Crippen LogP) is 4.31. The van der Waals surface area contributed by atoms with E-state index in [2.05, 4.69) is 15.5 Å². The highest BCUT2D eigenvalue weighted by Crippen LogP contribution is 2.25. The zero-order valence-corrected chi connectivity index (χ0v) is 18.6. The molecule has 0 saturated heterocycles. The second kappa shape index (κ2) is 9.67. The number of nitrogens with zero attached hydrogens (tertiary/aromatic N) is 3. The van der Waals surface area contributed by atoms with Crippen LogP contribution in [0.4, 0.5) is 5.69 Å². The van der Waals surface area contributed by atoms with Crippen molar-refractivity contribution in [3.8, 4) is 11.5 Å². The highest BCUT2D eigenvalue weighted by Gasteiger charge is 2.18. The fraction of sp³-hybridized carbons (Fsp3) is 0.318. The molecule has 0 aliphatic rings. The van der Waals surface area contributed by atoms with Gasteiger partial charge in [0.1, 0.15) is 11.5 Å². The van der Waals surface area contributed by atoms with E-state index in [4.69, 9.17) is 9.47 Å². The Bertz CT molecular complexity index is 1020. The van der Waals surface area contributed by atoms with Gasteiger partial charge in [0.2, 0.25) is 5.91 Å². The van der Waals surface area contributed by atoms with E-state index in [-0.39, 0.29) is 17.8 Å². The Morgan fingerprint density at radius 3 is 2.53 bits per heavy atom. The number of carbonyl (C=O) groups excluding carboxylic acids is 1. The molecular weight excluding hydrogens is 400 g/mol. The summed E-state index contributed by atoms with van der Waals surface area (Å²) in [6.07, 6.45) is -0.297. The number of aromatic nitrogens is 3. The van der Waals surface area contributed by atoms with E-state index < -0.39 is 0 Å². The third kappa shape index (κ3) is 5.33. The van der Waals surface area contributed by atoms with Crippen molar-refractivity contribution >= 4 is 23.4 Å². The Morgan fingerprint density at radius 1 is 1.13 bits per heavy atom. The van der Waals surface area contributed by atoms with Gasteiger partial charge in [0.05, 0.1) is 12.9 Å². The van der Waals surface area contributed by atoms with Gasteiger partial charge in [0.15, 0.2) is 17.1 Å². The molecule has 0 saturated carbocycles. The third-order valence-corrected chi connectivity index (χ3v) is 5.62. The normalized spacial score (nSPS) is 11.8. The average molecular weight is 427 g/mol. The van der Waals surface area contributed by atoms with Crippen LogP contribution in [0, 0.1) is 13.8 Å². The lowest BCUT2D eigenvalue weighted by Crippen LogP contribution is -2.15. The van der Waals surface area contributed by atoms with Gasteiger partial charge < -0.3 is 19.4 Å². The van der Waals surface area contributed by atoms with Crippen molar-refractivity contribution in [3.05, 3.63) is 59.4 Å². The maximum atomic E-state index is 12.4. The number of benzene rings is 2. The van der Waals surface area contributed by atoms with E-state index in [9.17, 15) is 4.79 Å². The number of methoxy groups -OCH3 is 1. The van der Waals surface area contributed by atoms with Crippen LogP contribution in [-0.4, -0.2) is 33.5 Å². The van der Waals surface area contributed by atoms with E-state index in [0.29, 0.717) is 16.7 Å². The van der Waals surface area contributed by atoms with Gasteiger partial charge in [-0.15, -0.1) is 10.2 Å². The largest absolute Gasteiger partial charge is 0.497 e. The van der Waals surface area contributed by atoms with Crippen LogP contribution in [0.1, 0.15) is 30.0 Å². The van der Waals surface area contributed by atoms with Crippen LogP contribution in [0.25, 0.3) is 0 Å². The molecule has 3 rings (SSSR count). The molecule has 0 fully saturated rings. The van der Waals surface area contributed by atoms with Gasteiger partial charge in [-0.25, -0.2) is 0 Å². The molecule has 3 aromatic rings.